The van der Waals surface area contributed by atoms with Gasteiger partial charge in [0, 0.05) is 18.0 Å². The molecule has 0 radical (unpaired) electrons. The molecule has 7 heteroatoms. The Morgan fingerprint density at radius 1 is 1.36 bits per heavy atom. The molecular formula is C18H20FN3O3. The van der Waals surface area contributed by atoms with Gasteiger partial charge in [0.1, 0.15) is 17.6 Å². The number of halogens is 1. The van der Waals surface area contributed by atoms with Gasteiger partial charge in [-0.15, -0.1) is 5.10 Å². The Labute approximate surface area is 144 Å². The summed E-state index contributed by atoms with van der Waals surface area (Å²) in [5.74, 6) is -0.733. The third-order valence-corrected chi connectivity index (χ3v) is 4.00. The summed E-state index contributed by atoms with van der Waals surface area (Å²) in [6, 6.07) is 6.10. The highest BCUT2D eigenvalue weighted by atomic mass is 19.1. The van der Waals surface area contributed by atoms with Crippen molar-refractivity contribution in [2.24, 2.45) is 0 Å². The molecule has 0 amide bonds. The number of hydrogen-bond donors (Lipinski definition) is 1. The number of esters is 1. The maximum atomic E-state index is 13.2. The Balaban J connectivity index is 1.93. The summed E-state index contributed by atoms with van der Waals surface area (Å²) in [7, 11) is 0. The predicted octanol–water partition coefficient (Wildman–Crippen LogP) is 2.74. The summed E-state index contributed by atoms with van der Waals surface area (Å²) < 4.78 is 20.2. The highest BCUT2D eigenvalue weighted by molar-refractivity contribution is 5.72. The van der Waals surface area contributed by atoms with Gasteiger partial charge in [-0.1, -0.05) is 5.21 Å². The highest BCUT2D eigenvalue weighted by Crippen LogP contribution is 2.26. The van der Waals surface area contributed by atoms with Gasteiger partial charge < -0.3 is 9.84 Å². The van der Waals surface area contributed by atoms with Gasteiger partial charge in [-0.3, -0.25) is 4.79 Å². The van der Waals surface area contributed by atoms with Crippen molar-refractivity contribution in [2.45, 2.75) is 44.9 Å². The molecule has 6 nitrogen and oxygen atoms in total. The smallest absolute Gasteiger partial charge is 0.309 e. The number of aromatic nitrogens is 3. The third-order valence-electron chi connectivity index (χ3n) is 4.00. The monoisotopic (exact) mass is 345 g/mol. The van der Waals surface area contributed by atoms with Gasteiger partial charge in [0.2, 0.25) is 0 Å². The highest BCUT2D eigenvalue weighted by Gasteiger charge is 2.25. The fraction of sp³-hybridized carbons (Fsp3) is 0.389. The molecule has 1 saturated heterocycles. The molecule has 1 aromatic heterocycles. The van der Waals surface area contributed by atoms with Crippen LogP contribution in [0.5, 0.6) is 0 Å². The van der Waals surface area contributed by atoms with E-state index in [4.69, 9.17) is 4.74 Å². The van der Waals surface area contributed by atoms with Crippen molar-refractivity contribution < 1.29 is 19.0 Å². The molecule has 2 aromatic rings. The van der Waals surface area contributed by atoms with Crippen LogP contribution in [0.4, 0.5) is 4.39 Å². The molecule has 2 heterocycles. The molecule has 3 rings (SSSR count). The molecule has 132 valence electrons. The van der Waals surface area contributed by atoms with E-state index in [2.05, 4.69) is 10.3 Å². The standard InChI is InChI=1S/C18H20FN3O3/c1-11(2)22-16(8-7-15-9-14(23)10-17(24)25-15)18(20-21-22)12-3-5-13(19)6-4-12/h3-8,11,14-15,23H,9-10H2,1-2H3. The first kappa shape index (κ1) is 17.3. The number of rotatable bonds is 4. The van der Waals surface area contributed by atoms with E-state index in [9.17, 15) is 14.3 Å². The van der Waals surface area contributed by atoms with E-state index < -0.39 is 18.2 Å². The Bertz CT molecular complexity index is 783. The maximum absolute atomic E-state index is 13.2. The van der Waals surface area contributed by atoms with Gasteiger partial charge in [0.15, 0.2) is 0 Å². The lowest BCUT2D eigenvalue weighted by Gasteiger charge is -2.23. The van der Waals surface area contributed by atoms with Gasteiger partial charge in [-0.25, -0.2) is 9.07 Å². The zero-order chi connectivity index (χ0) is 18.0. The van der Waals surface area contributed by atoms with Gasteiger partial charge in [0.25, 0.3) is 0 Å². The van der Waals surface area contributed by atoms with Gasteiger partial charge in [-0.2, -0.15) is 0 Å². The van der Waals surface area contributed by atoms with Crippen LogP contribution in [-0.2, 0) is 9.53 Å². The molecule has 0 saturated carbocycles. The van der Waals surface area contributed by atoms with Crippen molar-refractivity contribution >= 4 is 12.0 Å². The van der Waals surface area contributed by atoms with Crippen LogP contribution in [0.2, 0.25) is 0 Å². The lowest BCUT2D eigenvalue weighted by atomic mass is 10.0. The molecule has 1 N–H and O–H groups in total. The van der Waals surface area contributed by atoms with Crippen molar-refractivity contribution in [2.75, 3.05) is 0 Å². The first-order chi connectivity index (χ1) is 11.9. The summed E-state index contributed by atoms with van der Waals surface area (Å²) in [4.78, 5) is 11.5. The fourth-order valence-corrected chi connectivity index (χ4v) is 2.78. The van der Waals surface area contributed by atoms with Crippen molar-refractivity contribution in [3.05, 3.63) is 41.9 Å². The van der Waals surface area contributed by atoms with Crippen LogP contribution in [0, 0.1) is 5.82 Å². The van der Waals surface area contributed by atoms with E-state index in [1.54, 1.807) is 29.0 Å². The largest absolute Gasteiger partial charge is 0.458 e. The van der Waals surface area contributed by atoms with Gasteiger partial charge >= 0.3 is 5.97 Å². The second kappa shape index (κ2) is 7.14. The maximum Gasteiger partial charge on any atom is 0.309 e. The molecule has 0 aliphatic carbocycles. The molecule has 1 fully saturated rings. The summed E-state index contributed by atoms with van der Waals surface area (Å²) >= 11 is 0. The second-order valence-electron chi connectivity index (χ2n) is 6.35. The minimum atomic E-state index is -0.694. The number of cyclic esters (lactones) is 1. The number of ether oxygens (including phenoxy) is 1. The molecule has 2 unspecified atom stereocenters. The molecule has 1 aromatic carbocycles. The number of carbonyl (C=O) groups is 1. The van der Waals surface area contributed by atoms with Crippen LogP contribution in [0.25, 0.3) is 17.3 Å². The summed E-state index contributed by atoms with van der Waals surface area (Å²) in [5.41, 5.74) is 2.10. The topological polar surface area (TPSA) is 77.2 Å². The Hall–Kier alpha value is -2.54. The van der Waals surface area contributed by atoms with Gasteiger partial charge in [0.05, 0.1) is 18.2 Å². The minimum Gasteiger partial charge on any atom is -0.458 e. The van der Waals surface area contributed by atoms with Crippen LogP contribution in [0.15, 0.2) is 30.3 Å². The molecule has 0 bridgehead atoms. The van der Waals surface area contributed by atoms with E-state index in [1.165, 1.54) is 12.1 Å². The van der Waals surface area contributed by atoms with E-state index in [-0.39, 0.29) is 18.3 Å². The second-order valence-corrected chi connectivity index (χ2v) is 6.35. The van der Waals surface area contributed by atoms with E-state index in [0.717, 1.165) is 11.3 Å². The number of aliphatic hydroxyl groups excluding tert-OH is 1. The number of carbonyl (C=O) groups excluding carboxylic acids is 1. The molecule has 1 aliphatic rings. The Morgan fingerprint density at radius 3 is 2.72 bits per heavy atom. The number of nitrogens with zero attached hydrogens (tertiary/aromatic N) is 3. The average molecular weight is 345 g/mol. The van der Waals surface area contributed by atoms with Crippen LogP contribution >= 0.6 is 0 Å². The van der Waals surface area contributed by atoms with Crippen molar-refractivity contribution in [1.82, 2.24) is 15.0 Å². The number of hydrogen-bond acceptors (Lipinski definition) is 5. The third kappa shape index (κ3) is 3.93. The summed E-state index contributed by atoms with van der Waals surface area (Å²) in [6.07, 6.45) is 2.71. The predicted molar refractivity (Wildman–Crippen MR) is 90.0 cm³/mol. The quantitative estimate of drug-likeness (QED) is 0.862. The fourth-order valence-electron chi connectivity index (χ4n) is 2.78. The Morgan fingerprint density at radius 2 is 2.08 bits per heavy atom. The first-order valence-electron chi connectivity index (χ1n) is 8.21. The lowest BCUT2D eigenvalue weighted by Crippen LogP contribution is -2.31. The lowest BCUT2D eigenvalue weighted by molar-refractivity contribution is -0.156. The molecule has 1 aliphatic heterocycles. The van der Waals surface area contributed by atoms with Crippen molar-refractivity contribution in [1.29, 1.82) is 0 Å². The zero-order valence-corrected chi connectivity index (χ0v) is 14.1. The minimum absolute atomic E-state index is 0.0245. The van der Waals surface area contributed by atoms with Crippen molar-refractivity contribution in [3.8, 4) is 11.3 Å². The Kier molecular flexibility index (Phi) is 4.94. The van der Waals surface area contributed by atoms with Crippen molar-refractivity contribution in [3.63, 3.8) is 0 Å². The average Bonchev–Trinajstić information content (AvgIpc) is 2.97. The van der Waals surface area contributed by atoms with Crippen LogP contribution in [0.3, 0.4) is 0 Å². The molecular weight excluding hydrogens is 325 g/mol. The molecule has 2 atom stereocenters. The molecule has 25 heavy (non-hydrogen) atoms. The molecule has 0 spiro atoms. The van der Waals surface area contributed by atoms with Crippen LogP contribution < -0.4 is 0 Å². The van der Waals surface area contributed by atoms with E-state index >= 15 is 0 Å². The number of aliphatic hydroxyl groups is 1. The zero-order valence-electron chi connectivity index (χ0n) is 14.1. The summed E-state index contributed by atoms with van der Waals surface area (Å²) in [6.45, 7) is 3.95. The van der Waals surface area contributed by atoms with Crippen LogP contribution in [-0.4, -0.2) is 38.3 Å². The van der Waals surface area contributed by atoms with E-state index in [1.807, 2.05) is 13.8 Å². The van der Waals surface area contributed by atoms with E-state index in [0.29, 0.717) is 12.1 Å². The van der Waals surface area contributed by atoms with Gasteiger partial charge in [-0.05, 0) is 50.3 Å². The SMILES string of the molecule is CC(C)n1nnc(-c2ccc(F)cc2)c1C=CC1CC(O)CC(=O)O1. The number of benzene rings is 1. The van der Waals surface area contributed by atoms with Crippen LogP contribution in [0.1, 0.15) is 38.4 Å². The normalized spacial score (nSPS) is 21.1. The summed E-state index contributed by atoms with van der Waals surface area (Å²) in [5, 5.41) is 18.1. The first-order valence-corrected chi connectivity index (χ1v) is 8.21.